The molecule has 0 aromatic carbocycles. The fourth-order valence-corrected chi connectivity index (χ4v) is 0.652. The Bertz CT molecular complexity index is 87.2. The second-order valence-electron chi connectivity index (χ2n) is 3.87. The number of hydrogen-bond acceptors (Lipinski definition) is 1. The molecule has 54 valence electrons. The molecule has 0 atom stereocenters. The second-order valence-corrected chi connectivity index (χ2v) is 3.87. The summed E-state index contributed by atoms with van der Waals surface area (Å²) >= 11 is 0. The third-order valence-electron chi connectivity index (χ3n) is 1.45. The predicted molar refractivity (Wildman–Crippen MR) is 38.4 cm³/mol. The van der Waals surface area contributed by atoms with Gasteiger partial charge in [-0.2, -0.15) is 0 Å². The van der Waals surface area contributed by atoms with Gasteiger partial charge in [-0.1, -0.05) is 0 Å². The van der Waals surface area contributed by atoms with E-state index in [9.17, 15) is 0 Å². The highest BCUT2D eigenvalue weighted by atomic mass is 16.5. The first-order valence-electron chi connectivity index (χ1n) is 3.72. The van der Waals surface area contributed by atoms with Crippen LogP contribution in [-0.2, 0) is 4.74 Å². The molecule has 0 aliphatic heterocycles. The minimum Gasteiger partial charge on any atom is -0.376 e. The van der Waals surface area contributed by atoms with E-state index in [4.69, 9.17) is 4.74 Å². The van der Waals surface area contributed by atoms with Crippen molar-refractivity contribution in [3.63, 3.8) is 0 Å². The summed E-state index contributed by atoms with van der Waals surface area (Å²) in [6, 6.07) is 0. The summed E-state index contributed by atoms with van der Waals surface area (Å²) in [5, 5.41) is 0. The first-order valence-corrected chi connectivity index (χ1v) is 3.72. The first kappa shape index (κ1) is 7.07. The van der Waals surface area contributed by atoms with Gasteiger partial charge in [0.15, 0.2) is 0 Å². The van der Waals surface area contributed by atoms with Crippen LogP contribution in [0.3, 0.4) is 0 Å². The summed E-state index contributed by atoms with van der Waals surface area (Å²) < 4.78 is 5.55. The van der Waals surface area contributed by atoms with Crippen molar-refractivity contribution in [1.29, 1.82) is 0 Å². The van der Waals surface area contributed by atoms with Crippen molar-refractivity contribution >= 4 is 0 Å². The van der Waals surface area contributed by atoms with E-state index in [1.807, 2.05) is 0 Å². The van der Waals surface area contributed by atoms with Gasteiger partial charge in [0.25, 0.3) is 0 Å². The molecule has 0 spiro atoms. The Balaban J connectivity index is 2.03. The molecule has 1 nitrogen and oxygen atoms in total. The zero-order valence-corrected chi connectivity index (χ0v) is 6.61. The van der Waals surface area contributed by atoms with E-state index in [0.29, 0.717) is 0 Å². The zero-order chi connectivity index (χ0) is 6.91. The molecule has 0 N–H and O–H groups in total. The molecule has 1 aliphatic carbocycles. The van der Waals surface area contributed by atoms with Crippen LogP contribution in [0.15, 0.2) is 0 Å². The van der Waals surface area contributed by atoms with E-state index in [1.165, 1.54) is 12.8 Å². The summed E-state index contributed by atoms with van der Waals surface area (Å²) in [6.45, 7) is 7.30. The van der Waals surface area contributed by atoms with E-state index in [-0.39, 0.29) is 5.60 Å². The Morgan fingerprint density at radius 3 is 2.22 bits per heavy atom. The van der Waals surface area contributed by atoms with Crippen molar-refractivity contribution in [3.05, 3.63) is 0 Å². The topological polar surface area (TPSA) is 9.23 Å². The third-order valence-corrected chi connectivity index (χ3v) is 1.45. The van der Waals surface area contributed by atoms with Gasteiger partial charge in [0.05, 0.1) is 12.2 Å². The molecule has 0 aromatic rings. The smallest absolute Gasteiger partial charge is 0.0598 e. The highest BCUT2D eigenvalue weighted by molar-refractivity contribution is 4.73. The summed E-state index contributed by atoms with van der Waals surface area (Å²) in [5.41, 5.74) is 0.0720. The van der Waals surface area contributed by atoms with Crippen molar-refractivity contribution in [2.24, 2.45) is 5.92 Å². The summed E-state index contributed by atoms with van der Waals surface area (Å²) in [4.78, 5) is 0. The van der Waals surface area contributed by atoms with Gasteiger partial charge in [-0.25, -0.2) is 0 Å². The van der Waals surface area contributed by atoms with Crippen LogP contribution in [0.25, 0.3) is 0 Å². The lowest BCUT2D eigenvalue weighted by Gasteiger charge is -2.18. The average molecular weight is 128 g/mol. The standard InChI is InChI=1S/C8H16O/c1-8(2,3)9-6-7-4-5-7/h7H,4-6H2,1-3H3. The van der Waals surface area contributed by atoms with Gasteiger partial charge in [0, 0.05) is 0 Å². The Kier molecular flexibility index (Phi) is 1.80. The molecule has 0 bridgehead atoms. The molecule has 1 fully saturated rings. The van der Waals surface area contributed by atoms with Crippen molar-refractivity contribution in [3.8, 4) is 0 Å². The monoisotopic (exact) mass is 128 g/mol. The van der Waals surface area contributed by atoms with Gasteiger partial charge < -0.3 is 4.74 Å². The van der Waals surface area contributed by atoms with E-state index in [0.717, 1.165) is 12.5 Å². The number of ether oxygens (including phenoxy) is 1. The lowest BCUT2D eigenvalue weighted by Crippen LogP contribution is -2.20. The molecule has 9 heavy (non-hydrogen) atoms. The molecule has 0 aromatic heterocycles. The first-order chi connectivity index (χ1) is 4.08. The van der Waals surface area contributed by atoms with E-state index < -0.39 is 0 Å². The van der Waals surface area contributed by atoms with Crippen LogP contribution in [-0.4, -0.2) is 12.2 Å². The summed E-state index contributed by atoms with van der Waals surface area (Å²) in [7, 11) is 0. The average Bonchev–Trinajstić information content (AvgIpc) is 2.38. The van der Waals surface area contributed by atoms with Gasteiger partial charge in [-0.3, -0.25) is 0 Å². The molecule has 0 amide bonds. The molecule has 1 heteroatoms. The lowest BCUT2D eigenvalue weighted by molar-refractivity contribution is -0.00879. The van der Waals surface area contributed by atoms with Crippen LogP contribution in [0.1, 0.15) is 33.6 Å². The molecule has 1 saturated carbocycles. The normalized spacial score (nSPS) is 20.3. The van der Waals surface area contributed by atoms with Crippen LogP contribution in [0, 0.1) is 5.92 Å². The van der Waals surface area contributed by atoms with Gasteiger partial charge in [-0.15, -0.1) is 0 Å². The van der Waals surface area contributed by atoms with Gasteiger partial charge in [0.2, 0.25) is 0 Å². The lowest BCUT2D eigenvalue weighted by atomic mass is 10.2. The maximum absolute atomic E-state index is 5.55. The third kappa shape index (κ3) is 3.52. The SMILES string of the molecule is CC(C)(C)OCC1CC1. The molecule has 0 saturated heterocycles. The molecule has 0 radical (unpaired) electrons. The van der Waals surface area contributed by atoms with Crippen molar-refractivity contribution < 1.29 is 4.74 Å². The fraction of sp³-hybridized carbons (Fsp3) is 1.00. The van der Waals surface area contributed by atoms with Crippen LogP contribution in [0.4, 0.5) is 0 Å². The largest absolute Gasteiger partial charge is 0.376 e. The van der Waals surface area contributed by atoms with Crippen LogP contribution in [0.5, 0.6) is 0 Å². The van der Waals surface area contributed by atoms with Crippen LogP contribution < -0.4 is 0 Å². The van der Waals surface area contributed by atoms with Crippen LogP contribution in [0.2, 0.25) is 0 Å². The number of hydrogen-bond donors (Lipinski definition) is 0. The van der Waals surface area contributed by atoms with Gasteiger partial charge in [-0.05, 0) is 39.5 Å². The maximum Gasteiger partial charge on any atom is 0.0598 e. The Labute approximate surface area is 57.4 Å². The molecule has 0 heterocycles. The molecule has 0 unspecified atom stereocenters. The zero-order valence-electron chi connectivity index (χ0n) is 6.61. The predicted octanol–water partition coefficient (Wildman–Crippen LogP) is 2.21. The van der Waals surface area contributed by atoms with E-state index in [1.54, 1.807) is 0 Å². The molecule has 1 rings (SSSR count). The van der Waals surface area contributed by atoms with Crippen molar-refractivity contribution in [1.82, 2.24) is 0 Å². The van der Waals surface area contributed by atoms with Gasteiger partial charge in [0.1, 0.15) is 0 Å². The minimum atomic E-state index is 0.0720. The van der Waals surface area contributed by atoms with Crippen molar-refractivity contribution in [2.45, 2.75) is 39.2 Å². The number of rotatable bonds is 2. The second kappa shape index (κ2) is 2.30. The summed E-state index contributed by atoms with van der Waals surface area (Å²) in [6.07, 6.45) is 2.77. The molecular weight excluding hydrogens is 112 g/mol. The van der Waals surface area contributed by atoms with E-state index in [2.05, 4.69) is 20.8 Å². The quantitative estimate of drug-likeness (QED) is 0.554. The van der Waals surface area contributed by atoms with Crippen LogP contribution >= 0.6 is 0 Å². The highest BCUT2D eigenvalue weighted by Gasteiger charge is 2.23. The molecular formula is C8H16O. The maximum atomic E-state index is 5.55. The molecule has 1 aliphatic rings. The fourth-order valence-electron chi connectivity index (χ4n) is 0.652. The summed E-state index contributed by atoms with van der Waals surface area (Å²) in [5.74, 6) is 0.893. The van der Waals surface area contributed by atoms with Crippen molar-refractivity contribution in [2.75, 3.05) is 6.61 Å². The Hall–Kier alpha value is -0.0400. The highest BCUT2D eigenvalue weighted by Crippen LogP contribution is 2.30. The minimum absolute atomic E-state index is 0.0720. The van der Waals surface area contributed by atoms with E-state index >= 15 is 0 Å². The van der Waals surface area contributed by atoms with Gasteiger partial charge >= 0.3 is 0 Å². The Morgan fingerprint density at radius 2 is 1.89 bits per heavy atom. The Morgan fingerprint density at radius 1 is 1.33 bits per heavy atom.